The summed E-state index contributed by atoms with van der Waals surface area (Å²) in [5.74, 6) is -0.339. The predicted octanol–water partition coefficient (Wildman–Crippen LogP) is 1.50. The average molecular weight is 275 g/mol. The van der Waals surface area contributed by atoms with Crippen LogP contribution >= 0.6 is 11.6 Å². The average Bonchev–Trinajstić information content (AvgIpc) is 2.20. The van der Waals surface area contributed by atoms with Crippen molar-refractivity contribution in [2.75, 3.05) is 5.32 Å². The van der Waals surface area contributed by atoms with Crippen LogP contribution in [0, 0.1) is 0 Å². The van der Waals surface area contributed by atoms with Gasteiger partial charge < -0.3 is 5.32 Å². The van der Waals surface area contributed by atoms with Crippen LogP contribution in [0.15, 0.2) is 35.7 Å². The Morgan fingerprint density at radius 1 is 1.53 bits per heavy atom. The molecule has 0 atom stereocenters. The molecule has 17 heavy (non-hydrogen) atoms. The molecule has 0 aliphatic rings. The van der Waals surface area contributed by atoms with Crippen molar-refractivity contribution in [2.24, 2.45) is 5.14 Å². The number of benzene rings is 1. The Labute approximate surface area is 104 Å². The fraction of sp³-hybridized carbons (Fsp3) is 0.100. The molecule has 92 valence electrons. The Morgan fingerprint density at radius 3 is 2.71 bits per heavy atom. The summed E-state index contributed by atoms with van der Waals surface area (Å²) in [6.45, 7) is 3.41. The van der Waals surface area contributed by atoms with E-state index in [0.717, 1.165) is 0 Å². The zero-order valence-electron chi connectivity index (χ0n) is 8.81. The third-order valence-electron chi connectivity index (χ3n) is 1.87. The van der Waals surface area contributed by atoms with Gasteiger partial charge in [-0.3, -0.25) is 4.79 Å². The van der Waals surface area contributed by atoms with Crippen LogP contribution in [0.2, 0.25) is 5.02 Å². The molecule has 0 bridgehead atoms. The third-order valence-corrected chi connectivity index (χ3v) is 3.11. The Bertz CT molecular complexity index is 555. The highest BCUT2D eigenvalue weighted by molar-refractivity contribution is 7.89. The molecule has 0 saturated carbocycles. The highest BCUT2D eigenvalue weighted by Gasteiger charge is 2.12. The van der Waals surface area contributed by atoms with Gasteiger partial charge in [-0.05, 0) is 18.2 Å². The van der Waals surface area contributed by atoms with Gasteiger partial charge in [-0.1, -0.05) is 17.7 Å². The number of halogens is 1. The maximum atomic E-state index is 11.3. The first-order valence-electron chi connectivity index (χ1n) is 4.57. The minimum Gasteiger partial charge on any atom is -0.324 e. The number of anilines is 1. The highest BCUT2D eigenvalue weighted by atomic mass is 35.5. The van der Waals surface area contributed by atoms with Crippen LogP contribution < -0.4 is 10.5 Å². The molecule has 0 fully saturated rings. The van der Waals surface area contributed by atoms with Crippen LogP contribution in [-0.2, 0) is 14.8 Å². The number of primary sulfonamides is 1. The minimum atomic E-state index is -3.82. The molecule has 7 heteroatoms. The zero-order chi connectivity index (χ0) is 13.1. The molecule has 3 N–H and O–H groups in total. The number of nitrogens with two attached hydrogens (primary N) is 1. The van der Waals surface area contributed by atoms with Crippen LogP contribution in [0.3, 0.4) is 0 Å². The van der Waals surface area contributed by atoms with Crippen molar-refractivity contribution in [3.05, 3.63) is 35.9 Å². The molecule has 0 aliphatic carbocycles. The fourth-order valence-electron chi connectivity index (χ4n) is 1.11. The van der Waals surface area contributed by atoms with E-state index in [1.165, 1.54) is 24.3 Å². The summed E-state index contributed by atoms with van der Waals surface area (Å²) < 4.78 is 22.2. The van der Waals surface area contributed by atoms with Gasteiger partial charge in [-0.25, -0.2) is 13.6 Å². The van der Waals surface area contributed by atoms with Crippen LogP contribution in [0.1, 0.15) is 6.42 Å². The number of rotatable bonds is 4. The first kappa shape index (κ1) is 13.7. The number of hydrogen-bond acceptors (Lipinski definition) is 3. The summed E-state index contributed by atoms with van der Waals surface area (Å²) in [5.41, 5.74) is 0.199. The first-order chi connectivity index (χ1) is 7.84. The third kappa shape index (κ3) is 3.85. The van der Waals surface area contributed by atoms with Gasteiger partial charge in [-0.2, -0.15) is 0 Å². The number of hydrogen-bond donors (Lipinski definition) is 2. The van der Waals surface area contributed by atoms with E-state index in [-0.39, 0.29) is 27.9 Å². The van der Waals surface area contributed by atoms with Gasteiger partial charge in [0.15, 0.2) is 0 Å². The van der Waals surface area contributed by atoms with Gasteiger partial charge >= 0.3 is 0 Å². The van der Waals surface area contributed by atoms with E-state index in [1.807, 2.05) is 0 Å². The smallest absolute Gasteiger partial charge is 0.238 e. The lowest BCUT2D eigenvalue weighted by Gasteiger charge is -2.07. The van der Waals surface area contributed by atoms with E-state index in [2.05, 4.69) is 11.9 Å². The van der Waals surface area contributed by atoms with Gasteiger partial charge in [0.1, 0.15) is 0 Å². The lowest BCUT2D eigenvalue weighted by molar-refractivity contribution is -0.115. The summed E-state index contributed by atoms with van der Waals surface area (Å²) >= 11 is 5.81. The Hall–Kier alpha value is -1.37. The molecule has 1 rings (SSSR count). The van der Waals surface area contributed by atoms with Gasteiger partial charge in [-0.15, -0.1) is 6.58 Å². The number of amides is 1. The monoisotopic (exact) mass is 274 g/mol. The second kappa shape index (κ2) is 5.31. The molecule has 5 nitrogen and oxygen atoms in total. The standard InChI is InChI=1S/C10H11ClN2O3S/c1-2-3-10(14)13-9-6-7(17(12,15)16)4-5-8(9)11/h2,4-6H,1,3H2,(H,13,14)(H2,12,15,16). The highest BCUT2D eigenvalue weighted by Crippen LogP contribution is 2.24. The van der Waals surface area contributed by atoms with E-state index in [0.29, 0.717) is 0 Å². The Balaban J connectivity index is 3.07. The lowest BCUT2D eigenvalue weighted by atomic mass is 10.3. The molecular weight excluding hydrogens is 264 g/mol. The van der Waals surface area contributed by atoms with Crippen molar-refractivity contribution in [3.63, 3.8) is 0 Å². The summed E-state index contributed by atoms with van der Waals surface area (Å²) in [5, 5.41) is 7.66. The number of carbonyl (C=O) groups is 1. The van der Waals surface area contributed by atoms with E-state index < -0.39 is 10.0 Å². The van der Waals surface area contributed by atoms with Crippen LogP contribution in [-0.4, -0.2) is 14.3 Å². The second-order valence-corrected chi connectivity index (χ2v) is 5.20. The molecular formula is C10H11ClN2O3S. The summed E-state index contributed by atoms with van der Waals surface area (Å²) in [4.78, 5) is 11.2. The molecule has 0 radical (unpaired) electrons. The minimum absolute atomic E-state index is 0.107. The van der Waals surface area contributed by atoms with Crippen LogP contribution in [0.5, 0.6) is 0 Å². The van der Waals surface area contributed by atoms with Crippen molar-refractivity contribution in [3.8, 4) is 0 Å². The summed E-state index contributed by atoms with van der Waals surface area (Å²) in [6.07, 6.45) is 1.53. The van der Waals surface area contributed by atoms with Crippen molar-refractivity contribution < 1.29 is 13.2 Å². The van der Waals surface area contributed by atoms with E-state index in [4.69, 9.17) is 16.7 Å². The van der Waals surface area contributed by atoms with Gasteiger partial charge in [0, 0.05) is 6.42 Å². The molecule has 0 unspecified atom stereocenters. The van der Waals surface area contributed by atoms with Crippen molar-refractivity contribution in [1.29, 1.82) is 0 Å². The largest absolute Gasteiger partial charge is 0.324 e. The van der Waals surface area contributed by atoms with Gasteiger partial charge in [0.25, 0.3) is 0 Å². The normalized spacial score (nSPS) is 10.9. The molecule has 0 saturated heterocycles. The van der Waals surface area contributed by atoms with E-state index in [9.17, 15) is 13.2 Å². The maximum Gasteiger partial charge on any atom is 0.238 e. The van der Waals surface area contributed by atoms with Crippen molar-refractivity contribution in [1.82, 2.24) is 0 Å². The lowest BCUT2D eigenvalue weighted by Crippen LogP contribution is -2.14. The maximum absolute atomic E-state index is 11.3. The number of sulfonamides is 1. The van der Waals surface area contributed by atoms with Crippen molar-refractivity contribution in [2.45, 2.75) is 11.3 Å². The topological polar surface area (TPSA) is 89.3 Å². The molecule has 0 aromatic heterocycles. The second-order valence-electron chi connectivity index (χ2n) is 3.23. The van der Waals surface area contributed by atoms with Crippen LogP contribution in [0.4, 0.5) is 5.69 Å². The number of carbonyl (C=O) groups excluding carboxylic acids is 1. The molecule has 1 amide bonds. The summed E-state index contributed by atoms with van der Waals surface area (Å²) in [7, 11) is -3.82. The van der Waals surface area contributed by atoms with Gasteiger partial charge in [0.2, 0.25) is 15.9 Å². The molecule has 0 aliphatic heterocycles. The van der Waals surface area contributed by atoms with Crippen molar-refractivity contribution >= 4 is 33.2 Å². The fourth-order valence-corrected chi connectivity index (χ4v) is 1.81. The van der Waals surface area contributed by atoms with Crippen LogP contribution in [0.25, 0.3) is 0 Å². The molecule has 1 aromatic carbocycles. The SMILES string of the molecule is C=CCC(=O)Nc1cc(S(N)(=O)=O)ccc1Cl. The molecule has 1 aromatic rings. The predicted molar refractivity (Wildman–Crippen MR) is 66.3 cm³/mol. The van der Waals surface area contributed by atoms with Gasteiger partial charge in [0.05, 0.1) is 15.6 Å². The quantitative estimate of drug-likeness (QED) is 0.816. The number of nitrogens with one attached hydrogen (secondary N) is 1. The Morgan fingerprint density at radius 2 is 2.18 bits per heavy atom. The zero-order valence-corrected chi connectivity index (χ0v) is 10.4. The van der Waals surface area contributed by atoms with E-state index >= 15 is 0 Å². The molecule has 0 spiro atoms. The molecule has 0 heterocycles. The first-order valence-corrected chi connectivity index (χ1v) is 6.50. The summed E-state index contributed by atoms with van der Waals surface area (Å²) in [6, 6.07) is 3.82. The van der Waals surface area contributed by atoms with E-state index in [1.54, 1.807) is 0 Å². The Kier molecular flexibility index (Phi) is 4.28.